The van der Waals surface area contributed by atoms with E-state index in [1.165, 1.54) is 12.1 Å². The molecule has 8 nitrogen and oxygen atoms in total. The predicted octanol–water partition coefficient (Wildman–Crippen LogP) is 2.42. The number of aromatic nitrogens is 4. The molecule has 1 fully saturated rings. The molecule has 0 saturated carbocycles. The van der Waals surface area contributed by atoms with Crippen molar-refractivity contribution in [2.45, 2.75) is 6.92 Å². The van der Waals surface area contributed by atoms with Gasteiger partial charge in [0.2, 0.25) is 11.9 Å². The molecule has 3 heterocycles. The molecule has 0 unspecified atom stereocenters. The fraction of sp³-hybridized carbons (Fsp3) is 0.250. The smallest absolute Gasteiger partial charge is 0.272 e. The van der Waals surface area contributed by atoms with Crippen LogP contribution in [0.15, 0.2) is 48.8 Å². The van der Waals surface area contributed by atoms with E-state index in [0.29, 0.717) is 55.2 Å². The summed E-state index contributed by atoms with van der Waals surface area (Å²) in [6.07, 6.45) is 3.42. The first-order valence-electron chi connectivity index (χ1n) is 9.28. The summed E-state index contributed by atoms with van der Waals surface area (Å²) in [5, 5.41) is 3.01. The van der Waals surface area contributed by atoms with Crippen molar-refractivity contribution >= 4 is 23.5 Å². The van der Waals surface area contributed by atoms with Gasteiger partial charge < -0.3 is 15.1 Å². The predicted molar refractivity (Wildman–Crippen MR) is 107 cm³/mol. The lowest BCUT2D eigenvalue weighted by Crippen LogP contribution is -2.49. The lowest BCUT2D eigenvalue weighted by Gasteiger charge is -2.34. The zero-order valence-corrected chi connectivity index (χ0v) is 15.9. The molecule has 1 aliphatic heterocycles. The number of halogens is 1. The maximum absolute atomic E-state index is 13.1. The maximum Gasteiger partial charge on any atom is 0.272 e. The Labute approximate surface area is 167 Å². The van der Waals surface area contributed by atoms with Crippen molar-refractivity contribution in [1.82, 2.24) is 24.8 Å². The lowest BCUT2D eigenvalue weighted by molar-refractivity contribution is 0.0740. The molecule has 1 saturated heterocycles. The van der Waals surface area contributed by atoms with Crippen molar-refractivity contribution in [2.75, 3.05) is 36.4 Å². The summed E-state index contributed by atoms with van der Waals surface area (Å²) in [4.78, 5) is 34.0. The molecular weight excluding hydrogens is 373 g/mol. The second-order valence-electron chi connectivity index (χ2n) is 6.68. The van der Waals surface area contributed by atoms with Crippen LogP contribution in [0.1, 0.15) is 16.2 Å². The lowest BCUT2D eigenvalue weighted by atomic mass is 10.2. The fourth-order valence-corrected chi connectivity index (χ4v) is 3.12. The summed E-state index contributed by atoms with van der Waals surface area (Å²) >= 11 is 0. The monoisotopic (exact) mass is 393 g/mol. The topological polar surface area (TPSA) is 87.1 Å². The minimum Gasteiger partial charge on any atom is -0.337 e. The van der Waals surface area contributed by atoms with Crippen molar-refractivity contribution < 1.29 is 9.18 Å². The van der Waals surface area contributed by atoms with Crippen LogP contribution >= 0.6 is 0 Å². The van der Waals surface area contributed by atoms with Crippen LogP contribution in [0, 0.1) is 12.7 Å². The molecule has 9 heteroatoms. The normalized spacial score (nSPS) is 14.0. The van der Waals surface area contributed by atoms with Crippen molar-refractivity contribution in [2.24, 2.45) is 0 Å². The number of piperazine rings is 1. The van der Waals surface area contributed by atoms with Crippen molar-refractivity contribution in [1.29, 1.82) is 0 Å². The Hall–Kier alpha value is -3.62. The minimum absolute atomic E-state index is 0.147. The van der Waals surface area contributed by atoms with Crippen LogP contribution in [0.5, 0.6) is 0 Å². The van der Waals surface area contributed by atoms with Crippen molar-refractivity contribution in [3.05, 3.63) is 66.0 Å². The first-order valence-corrected chi connectivity index (χ1v) is 9.28. The number of nitrogens with one attached hydrogen (secondary N) is 1. The zero-order chi connectivity index (χ0) is 20.2. The van der Waals surface area contributed by atoms with E-state index in [0.717, 1.165) is 0 Å². The number of anilines is 3. The van der Waals surface area contributed by atoms with E-state index in [1.54, 1.807) is 48.5 Å². The van der Waals surface area contributed by atoms with Gasteiger partial charge in [-0.3, -0.25) is 4.79 Å². The van der Waals surface area contributed by atoms with Gasteiger partial charge in [-0.15, -0.1) is 0 Å². The maximum atomic E-state index is 13.1. The molecule has 1 aromatic carbocycles. The van der Waals surface area contributed by atoms with E-state index < -0.39 is 0 Å². The highest BCUT2D eigenvalue weighted by Crippen LogP contribution is 2.16. The van der Waals surface area contributed by atoms with E-state index in [2.05, 4.69) is 30.2 Å². The van der Waals surface area contributed by atoms with Gasteiger partial charge in [-0.1, -0.05) is 0 Å². The molecular formula is C20H20FN7O. The van der Waals surface area contributed by atoms with Gasteiger partial charge in [-0.05, 0) is 43.3 Å². The molecule has 4 rings (SSSR count). The summed E-state index contributed by atoms with van der Waals surface area (Å²) in [6.45, 7) is 4.22. The molecule has 1 amide bonds. The van der Waals surface area contributed by atoms with Gasteiger partial charge in [0.05, 0.1) is 0 Å². The second kappa shape index (κ2) is 8.17. The average Bonchev–Trinajstić information content (AvgIpc) is 2.75. The molecule has 148 valence electrons. The highest BCUT2D eigenvalue weighted by Gasteiger charge is 2.24. The molecule has 0 radical (unpaired) electrons. The Morgan fingerprint density at radius 1 is 1.03 bits per heavy atom. The van der Waals surface area contributed by atoms with Crippen LogP contribution in [0.3, 0.4) is 0 Å². The van der Waals surface area contributed by atoms with Gasteiger partial charge in [0.1, 0.15) is 11.5 Å². The zero-order valence-electron chi connectivity index (χ0n) is 15.9. The van der Waals surface area contributed by atoms with E-state index in [-0.39, 0.29) is 11.7 Å². The number of carbonyl (C=O) groups is 1. The number of hydrogen-bond donors (Lipinski definition) is 1. The minimum atomic E-state index is -0.323. The SMILES string of the molecule is Cc1cc(C(=O)N2CCN(c3ncccn3)CC2)nc(Nc2ccc(F)cc2)n1. The summed E-state index contributed by atoms with van der Waals surface area (Å²) in [5.41, 5.74) is 1.64. The third-order valence-corrected chi connectivity index (χ3v) is 4.58. The highest BCUT2D eigenvalue weighted by atomic mass is 19.1. The first-order chi connectivity index (χ1) is 14.1. The number of carbonyl (C=O) groups excluding carboxylic acids is 1. The Morgan fingerprint density at radius 2 is 1.72 bits per heavy atom. The largest absolute Gasteiger partial charge is 0.337 e. The van der Waals surface area contributed by atoms with E-state index in [9.17, 15) is 9.18 Å². The molecule has 0 bridgehead atoms. The van der Waals surface area contributed by atoms with Crippen LogP contribution in [0.2, 0.25) is 0 Å². The van der Waals surface area contributed by atoms with Gasteiger partial charge in [0.15, 0.2) is 0 Å². The number of amides is 1. The third kappa shape index (κ3) is 4.45. The summed E-state index contributed by atoms with van der Waals surface area (Å²) in [5.74, 6) is 0.502. The molecule has 2 aromatic heterocycles. The van der Waals surface area contributed by atoms with Crippen molar-refractivity contribution in [3.8, 4) is 0 Å². The molecule has 1 aliphatic rings. The van der Waals surface area contributed by atoms with E-state index in [4.69, 9.17) is 0 Å². The number of hydrogen-bond acceptors (Lipinski definition) is 7. The highest BCUT2D eigenvalue weighted by molar-refractivity contribution is 5.93. The average molecular weight is 393 g/mol. The van der Waals surface area contributed by atoms with Gasteiger partial charge >= 0.3 is 0 Å². The van der Waals surface area contributed by atoms with Gasteiger partial charge in [-0.2, -0.15) is 0 Å². The van der Waals surface area contributed by atoms with E-state index in [1.807, 2.05) is 0 Å². The Kier molecular flexibility index (Phi) is 5.28. The van der Waals surface area contributed by atoms with Crippen LogP contribution < -0.4 is 10.2 Å². The van der Waals surface area contributed by atoms with Crippen LogP contribution in [0.4, 0.5) is 22.0 Å². The van der Waals surface area contributed by atoms with Gasteiger partial charge in [0, 0.05) is 50.0 Å². The number of aryl methyl sites for hydroxylation is 1. The second-order valence-corrected chi connectivity index (χ2v) is 6.68. The molecule has 29 heavy (non-hydrogen) atoms. The Bertz CT molecular complexity index is 989. The standard InChI is InChI=1S/C20H20FN7O/c1-14-13-17(26-19(24-14)25-16-5-3-15(21)4-6-16)18(29)27-9-11-28(12-10-27)20-22-7-2-8-23-20/h2-8,13H,9-12H2,1H3,(H,24,25,26). The molecule has 1 N–H and O–H groups in total. The van der Waals surface area contributed by atoms with Gasteiger partial charge in [-0.25, -0.2) is 24.3 Å². The van der Waals surface area contributed by atoms with E-state index >= 15 is 0 Å². The number of nitrogens with zero attached hydrogens (tertiary/aromatic N) is 6. The third-order valence-electron chi connectivity index (χ3n) is 4.58. The quantitative estimate of drug-likeness (QED) is 0.728. The molecule has 0 spiro atoms. The Morgan fingerprint density at radius 3 is 2.41 bits per heavy atom. The number of benzene rings is 1. The van der Waals surface area contributed by atoms with Crippen LogP contribution in [-0.4, -0.2) is 56.9 Å². The van der Waals surface area contributed by atoms with Crippen molar-refractivity contribution in [3.63, 3.8) is 0 Å². The number of rotatable bonds is 4. The summed E-state index contributed by atoms with van der Waals surface area (Å²) in [7, 11) is 0. The summed E-state index contributed by atoms with van der Waals surface area (Å²) in [6, 6.07) is 9.32. The molecule has 0 aliphatic carbocycles. The molecule has 0 atom stereocenters. The van der Waals surface area contributed by atoms with Crippen LogP contribution in [-0.2, 0) is 0 Å². The van der Waals surface area contributed by atoms with Crippen LogP contribution in [0.25, 0.3) is 0 Å². The summed E-state index contributed by atoms with van der Waals surface area (Å²) < 4.78 is 13.1. The first kappa shape index (κ1) is 18.7. The molecule has 3 aromatic rings. The fourth-order valence-electron chi connectivity index (χ4n) is 3.12. The Balaban J connectivity index is 1.45. The van der Waals surface area contributed by atoms with Gasteiger partial charge in [0.25, 0.3) is 5.91 Å².